The van der Waals surface area contributed by atoms with Crippen LogP contribution >= 0.6 is 35.3 Å². The Morgan fingerprint density at radius 3 is 2.65 bits per heavy atom. The van der Waals surface area contributed by atoms with E-state index in [1.54, 1.807) is 38.4 Å². The minimum atomic E-state index is -0.239. The van der Waals surface area contributed by atoms with Gasteiger partial charge in [-0.25, -0.2) is 9.38 Å². The average molecular weight is 490 g/mol. The van der Waals surface area contributed by atoms with Gasteiger partial charge in [0.2, 0.25) is 5.91 Å². The van der Waals surface area contributed by atoms with Gasteiger partial charge in [0.15, 0.2) is 5.96 Å². The Hall–Kier alpha value is -1.68. The lowest BCUT2D eigenvalue weighted by atomic mass is 10.1. The molecule has 0 saturated heterocycles. The van der Waals surface area contributed by atoms with Crippen LogP contribution in [0.15, 0.2) is 40.7 Å². The molecule has 2 rings (SSSR count). The minimum absolute atomic E-state index is 0. The van der Waals surface area contributed by atoms with Gasteiger partial charge in [-0.1, -0.05) is 18.2 Å². The van der Waals surface area contributed by atoms with Crippen molar-refractivity contribution in [2.75, 3.05) is 20.6 Å². The lowest BCUT2D eigenvalue weighted by Crippen LogP contribution is -2.42. The van der Waals surface area contributed by atoms with Gasteiger partial charge in [0.25, 0.3) is 0 Å². The molecule has 26 heavy (non-hydrogen) atoms. The Bertz CT molecular complexity index is 735. The van der Waals surface area contributed by atoms with E-state index < -0.39 is 0 Å². The number of thiophene rings is 1. The fraction of sp³-hybridized carbons (Fsp3) is 0.333. The highest BCUT2D eigenvalue weighted by atomic mass is 127. The summed E-state index contributed by atoms with van der Waals surface area (Å²) >= 11 is 1.64. The number of nitrogens with zero attached hydrogens (tertiary/aromatic N) is 2. The third-order valence-corrected chi connectivity index (χ3v) is 4.45. The molecule has 142 valence electrons. The van der Waals surface area contributed by atoms with E-state index in [1.165, 1.54) is 11.0 Å². The van der Waals surface area contributed by atoms with Crippen molar-refractivity contribution in [1.29, 1.82) is 0 Å². The quantitative estimate of drug-likeness (QED) is 0.372. The van der Waals surface area contributed by atoms with E-state index in [2.05, 4.69) is 15.6 Å². The number of aryl methyl sites for hydroxylation is 1. The van der Waals surface area contributed by atoms with E-state index >= 15 is 0 Å². The van der Waals surface area contributed by atoms with Crippen LogP contribution in [0.5, 0.6) is 0 Å². The van der Waals surface area contributed by atoms with Crippen molar-refractivity contribution in [2.24, 2.45) is 4.99 Å². The van der Waals surface area contributed by atoms with Crippen LogP contribution in [0.4, 0.5) is 4.39 Å². The third-order valence-electron chi connectivity index (χ3n) is 3.57. The Kier molecular flexibility index (Phi) is 9.57. The van der Waals surface area contributed by atoms with Gasteiger partial charge in [0.1, 0.15) is 5.82 Å². The summed E-state index contributed by atoms with van der Waals surface area (Å²) in [5.41, 5.74) is 1.39. The predicted octanol–water partition coefficient (Wildman–Crippen LogP) is 3.14. The van der Waals surface area contributed by atoms with Crippen molar-refractivity contribution >= 4 is 47.2 Å². The van der Waals surface area contributed by atoms with Crippen LogP contribution in [0.1, 0.15) is 16.0 Å². The zero-order valence-electron chi connectivity index (χ0n) is 15.1. The molecule has 0 aliphatic heterocycles. The SMILES string of the molecule is Cc1ccc(CN=C(NCC(=O)N(C)C)NCc2cccs2)cc1F.I. The van der Waals surface area contributed by atoms with E-state index in [0.29, 0.717) is 24.6 Å². The Morgan fingerprint density at radius 2 is 2.04 bits per heavy atom. The van der Waals surface area contributed by atoms with Crippen molar-refractivity contribution in [3.05, 3.63) is 57.5 Å². The Balaban J connectivity index is 0.00000338. The number of carbonyl (C=O) groups excluding carboxylic acids is 1. The van der Waals surface area contributed by atoms with Crippen molar-refractivity contribution < 1.29 is 9.18 Å². The topological polar surface area (TPSA) is 56.7 Å². The minimum Gasteiger partial charge on any atom is -0.351 e. The number of carbonyl (C=O) groups is 1. The Morgan fingerprint density at radius 1 is 1.27 bits per heavy atom. The van der Waals surface area contributed by atoms with Gasteiger partial charge in [-0.2, -0.15) is 0 Å². The molecule has 1 amide bonds. The number of hydrogen-bond acceptors (Lipinski definition) is 3. The molecule has 5 nitrogen and oxygen atoms in total. The number of amides is 1. The van der Waals surface area contributed by atoms with Gasteiger partial charge in [-0.05, 0) is 35.6 Å². The first-order valence-electron chi connectivity index (χ1n) is 7.95. The molecule has 0 fully saturated rings. The average Bonchev–Trinajstić information content (AvgIpc) is 3.10. The summed E-state index contributed by atoms with van der Waals surface area (Å²) in [4.78, 5) is 18.9. The maximum Gasteiger partial charge on any atom is 0.241 e. The second-order valence-electron chi connectivity index (χ2n) is 5.82. The standard InChI is InChI=1S/C18H23FN4OS.HI/c1-13-6-7-14(9-16(13)19)10-20-18(22-12-17(24)23(2)3)21-11-15-5-4-8-25-15;/h4-9H,10-12H2,1-3H3,(H2,20,21,22);1H. The van der Waals surface area contributed by atoms with Crippen LogP contribution < -0.4 is 10.6 Å². The first-order valence-corrected chi connectivity index (χ1v) is 8.83. The van der Waals surface area contributed by atoms with Crippen LogP contribution in [-0.2, 0) is 17.9 Å². The molecule has 8 heteroatoms. The lowest BCUT2D eigenvalue weighted by molar-refractivity contribution is -0.127. The molecule has 1 aromatic heterocycles. The molecule has 2 aromatic rings. The first-order chi connectivity index (χ1) is 12.0. The largest absolute Gasteiger partial charge is 0.351 e. The van der Waals surface area contributed by atoms with Gasteiger partial charge < -0.3 is 15.5 Å². The van der Waals surface area contributed by atoms with Crippen LogP contribution in [-0.4, -0.2) is 37.4 Å². The zero-order chi connectivity index (χ0) is 18.2. The van der Waals surface area contributed by atoms with Crippen molar-refractivity contribution in [3.63, 3.8) is 0 Å². The molecular weight excluding hydrogens is 466 g/mol. The number of hydrogen-bond donors (Lipinski definition) is 2. The van der Waals surface area contributed by atoms with Gasteiger partial charge in [-0.15, -0.1) is 35.3 Å². The monoisotopic (exact) mass is 490 g/mol. The molecule has 0 unspecified atom stereocenters. The normalized spacial score (nSPS) is 10.8. The number of benzene rings is 1. The summed E-state index contributed by atoms with van der Waals surface area (Å²) in [5, 5.41) is 8.22. The van der Waals surface area contributed by atoms with Crippen molar-refractivity contribution in [1.82, 2.24) is 15.5 Å². The fourth-order valence-corrected chi connectivity index (χ4v) is 2.63. The summed E-state index contributed by atoms with van der Waals surface area (Å²) in [6.45, 7) is 2.81. The van der Waals surface area contributed by atoms with E-state index in [9.17, 15) is 9.18 Å². The predicted molar refractivity (Wildman–Crippen MR) is 116 cm³/mol. The summed E-state index contributed by atoms with van der Waals surface area (Å²) in [7, 11) is 3.41. The number of likely N-dealkylation sites (N-methyl/N-ethyl adjacent to an activating group) is 1. The van der Waals surface area contributed by atoms with Crippen LogP contribution in [0, 0.1) is 12.7 Å². The number of rotatable bonds is 6. The van der Waals surface area contributed by atoms with Crippen LogP contribution in [0.25, 0.3) is 0 Å². The molecule has 2 N–H and O–H groups in total. The van der Waals surface area contributed by atoms with Crippen LogP contribution in [0.3, 0.4) is 0 Å². The number of guanidine groups is 1. The summed E-state index contributed by atoms with van der Waals surface area (Å²) in [5.74, 6) is 0.230. The molecular formula is C18H24FIN4OS. The molecule has 0 bridgehead atoms. The van der Waals surface area contributed by atoms with E-state index in [0.717, 1.165) is 10.4 Å². The molecule has 0 aliphatic carbocycles. The van der Waals surface area contributed by atoms with E-state index in [-0.39, 0.29) is 42.2 Å². The highest BCUT2D eigenvalue weighted by Gasteiger charge is 2.07. The molecule has 1 heterocycles. The molecule has 0 spiro atoms. The number of nitrogens with one attached hydrogen (secondary N) is 2. The van der Waals surface area contributed by atoms with Gasteiger partial charge in [-0.3, -0.25) is 4.79 Å². The molecule has 1 aromatic carbocycles. The summed E-state index contributed by atoms with van der Waals surface area (Å²) < 4.78 is 13.7. The Labute approximate surface area is 174 Å². The number of aliphatic imine (C=N–C) groups is 1. The maximum absolute atomic E-state index is 13.7. The zero-order valence-corrected chi connectivity index (χ0v) is 18.2. The molecule has 0 radical (unpaired) electrons. The second kappa shape index (κ2) is 11.1. The van der Waals surface area contributed by atoms with Gasteiger partial charge >= 0.3 is 0 Å². The van der Waals surface area contributed by atoms with E-state index in [4.69, 9.17) is 0 Å². The van der Waals surface area contributed by atoms with Crippen LogP contribution in [0.2, 0.25) is 0 Å². The van der Waals surface area contributed by atoms with Crippen molar-refractivity contribution in [3.8, 4) is 0 Å². The smallest absolute Gasteiger partial charge is 0.241 e. The fourth-order valence-electron chi connectivity index (χ4n) is 1.98. The number of halogens is 2. The highest BCUT2D eigenvalue weighted by Crippen LogP contribution is 2.10. The molecule has 0 aliphatic rings. The molecule has 0 saturated carbocycles. The third kappa shape index (κ3) is 7.28. The molecule has 0 atom stereocenters. The van der Waals surface area contributed by atoms with Crippen molar-refractivity contribution in [2.45, 2.75) is 20.0 Å². The first kappa shape index (κ1) is 22.4. The highest BCUT2D eigenvalue weighted by molar-refractivity contribution is 14.0. The summed E-state index contributed by atoms with van der Waals surface area (Å²) in [6.07, 6.45) is 0. The van der Waals surface area contributed by atoms with Gasteiger partial charge in [0, 0.05) is 19.0 Å². The van der Waals surface area contributed by atoms with E-state index in [1.807, 2.05) is 23.6 Å². The maximum atomic E-state index is 13.7. The second-order valence-corrected chi connectivity index (χ2v) is 6.86. The summed E-state index contributed by atoms with van der Waals surface area (Å²) in [6, 6.07) is 9.08. The lowest BCUT2D eigenvalue weighted by Gasteiger charge is -2.14. The van der Waals surface area contributed by atoms with Gasteiger partial charge in [0.05, 0.1) is 19.6 Å².